The van der Waals surface area contributed by atoms with E-state index in [1.54, 1.807) is 12.1 Å². The van der Waals surface area contributed by atoms with Crippen molar-refractivity contribution in [3.8, 4) is 5.75 Å². The second kappa shape index (κ2) is 12.2. The molecule has 2 aliphatic rings. The van der Waals surface area contributed by atoms with Gasteiger partial charge >= 0.3 is 0 Å². The molecular formula is C20H30FIN4O3. The normalized spacial score (nSPS) is 19.7. The van der Waals surface area contributed by atoms with E-state index < -0.39 is 0 Å². The first kappa shape index (κ1) is 23.7. The average molecular weight is 520 g/mol. The quantitative estimate of drug-likeness (QED) is 0.270. The average Bonchev–Trinajstić information content (AvgIpc) is 3.25. The number of carbonyl (C=O) groups is 1. The topological polar surface area (TPSA) is 66.4 Å². The van der Waals surface area contributed by atoms with E-state index in [0.29, 0.717) is 38.6 Å². The molecule has 29 heavy (non-hydrogen) atoms. The largest absolute Gasteiger partial charge is 0.492 e. The molecule has 7 nitrogen and oxygen atoms in total. The molecule has 1 atom stereocenters. The molecular weight excluding hydrogens is 490 g/mol. The van der Waals surface area contributed by atoms with Crippen molar-refractivity contribution in [1.82, 2.24) is 15.1 Å². The Morgan fingerprint density at radius 3 is 2.72 bits per heavy atom. The Hall–Kier alpha value is -1.62. The number of nitrogens with zero attached hydrogens (tertiary/aromatic N) is 3. The van der Waals surface area contributed by atoms with Crippen molar-refractivity contribution in [2.24, 2.45) is 4.99 Å². The number of piperazine rings is 1. The minimum atomic E-state index is -0.315. The van der Waals surface area contributed by atoms with Gasteiger partial charge in [0.25, 0.3) is 5.91 Å². The minimum absolute atomic E-state index is 0. The predicted octanol–water partition coefficient (Wildman–Crippen LogP) is 2.11. The second-order valence-corrected chi connectivity index (χ2v) is 6.86. The summed E-state index contributed by atoms with van der Waals surface area (Å²) in [6, 6.07) is 6.09. The van der Waals surface area contributed by atoms with Crippen LogP contribution in [0.25, 0.3) is 0 Å². The first-order valence-electron chi connectivity index (χ1n) is 9.99. The maximum absolute atomic E-state index is 13.2. The van der Waals surface area contributed by atoms with Crippen LogP contribution in [0.3, 0.4) is 0 Å². The summed E-state index contributed by atoms with van der Waals surface area (Å²) in [5, 5.41) is 3.29. The van der Waals surface area contributed by atoms with Crippen LogP contribution in [0.2, 0.25) is 0 Å². The standard InChI is InChI=1S/C20H29FN4O3.HI/c1-2-22-20(23-8-14-27-17-6-3-5-16(21)15-17)25-11-9-24(10-12-25)19(26)18-7-4-13-28-18;/h3,5-6,15,18H,2,4,7-14H2,1H3,(H,22,23);1H. The number of hydrogen-bond donors (Lipinski definition) is 1. The van der Waals surface area contributed by atoms with Crippen molar-refractivity contribution in [2.45, 2.75) is 25.9 Å². The van der Waals surface area contributed by atoms with Crippen molar-refractivity contribution in [2.75, 3.05) is 52.5 Å². The number of rotatable bonds is 6. The summed E-state index contributed by atoms with van der Waals surface area (Å²) >= 11 is 0. The molecule has 0 spiro atoms. The summed E-state index contributed by atoms with van der Waals surface area (Å²) in [5.41, 5.74) is 0. The molecule has 0 saturated carbocycles. The molecule has 2 heterocycles. The fourth-order valence-corrected chi connectivity index (χ4v) is 3.41. The molecule has 162 valence electrons. The number of nitrogens with one attached hydrogen (secondary N) is 1. The van der Waals surface area contributed by atoms with Crippen molar-refractivity contribution < 1.29 is 18.7 Å². The van der Waals surface area contributed by atoms with Gasteiger partial charge in [-0.3, -0.25) is 4.79 Å². The molecule has 1 aromatic rings. The number of aliphatic imine (C=N–C) groups is 1. The Bertz CT molecular complexity index is 677. The van der Waals surface area contributed by atoms with Gasteiger partial charge in [-0.1, -0.05) is 6.07 Å². The Kier molecular flexibility index (Phi) is 9.92. The maximum atomic E-state index is 13.2. The molecule has 0 radical (unpaired) electrons. The van der Waals surface area contributed by atoms with Crippen LogP contribution in [0.1, 0.15) is 19.8 Å². The number of guanidine groups is 1. The van der Waals surface area contributed by atoms with Crippen molar-refractivity contribution in [3.05, 3.63) is 30.1 Å². The van der Waals surface area contributed by atoms with E-state index in [9.17, 15) is 9.18 Å². The van der Waals surface area contributed by atoms with Crippen LogP contribution in [0.15, 0.2) is 29.3 Å². The van der Waals surface area contributed by atoms with Gasteiger partial charge in [-0.05, 0) is 31.9 Å². The lowest BCUT2D eigenvalue weighted by Crippen LogP contribution is -2.55. The van der Waals surface area contributed by atoms with E-state index in [4.69, 9.17) is 9.47 Å². The van der Waals surface area contributed by atoms with Gasteiger partial charge in [0, 0.05) is 45.4 Å². The van der Waals surface area contributed by atoms with Gasteiger partial charge in [-0.15, -0.1) is 24.0 Å². The highest BCUT2D eigenvalue weighted by Gasteiger charge is 2.30. The molecule has 1 amide bonds. The van der Waals surface area contributed by atoms with E-state index >= 15 is 0 Å². The molecule has 2 saturated heterocycles. The SMILES string of the molecule is CCNC(=NCCOc1cccc(F)c1)N1CCN(C(=O)C2CCCO2)CC1.I. The smallest absolute Gasteiger partial charge is 0.251 e. The number of benzene rings is 1. The summed E-state index contributed by atoms with van der Waals surface area (Å²) in [5.74, 6) is 1.11. The van der Waals surface area contributed by atoms with Crippen LogP contribution in [-0.2, 0) is 9.53 Å². The summed E-state index contributed by atoms with van der Waals surface area (Å²) in [4.78, 5) is 21.1. The van der Waals surface area contributed by atoms with Crippen LogP contribution in [0.4, 0.5) is 4.39 Å². The molecule has 3 rings (SSSR count). The molecule has 2 aliphatic heterocycles. The molecule has 0 aromatic heterocycles. The number of carbonyl (C=O) groups excluding carboxylic acids is 1. The summed E-state index contributed by atoms with van der Waals surface area (Å²) in [6.07, 6.45) is 1.54. The van der Waals surface area contributed by atoms with Crippen LogP contribution < -0.4 is 10.1 Å². The summed E-state index contributed by atoms with van der Waals surface area (Å²) < 4.78 is 24.2. The second-order valence-electron chi connectivity index (χ2n) is 6.86. The molecule has 1 aromatic carbocycles. The summed E-state index contributed by atoms with van der Waals surface area (Å²) in [7, 11) is 0. The van der Waals surface area contributed by atoms with Gasteiger partial charge in [0.05, 0.1) is 6.54 Å². The molecule has 9 heteroatoms. The zero-order valence-electron chi connectivity index (χ0n) is 16.8. The van der Waals surface area contributed by atoms with Crippen LogP contribution in [0.5, 0.6) is 5.75 Å². The zero-order chi connectivity index (χ0) is 19.8. The lowest BCUT2D eigenvalue weighted by Gasteiger charge is -2.37. The van der Waals surface area contributed by atoms with Gasteiger partial charge in [0.2, 0.25) is 0 Å². The molecule has 1 N–H and O–H groups in total. The molecule has 0 aliphatic carbocycles. The minimum Gasteiger partial charge on any atom is -0.492 e. The first-order valence-corrected chi connectivity index (χ1v) is 9.99. The Labute approximate surface area is 188 Å². The third-order valence-electron chi connectivity index (χ3n) is 4.85. The Morgan fingerprint density at radius 1 is 1.31 bits per heavy atom. The number of amides is 1. The number of ether oxygens (including phenoxy) is 2. The van der Waals surface area contributed by atoms with Crippen LogP contribution in [0, 0.1) is 5.82 Å². The Balaban J connectivity index is 0.00000300. The van der Waals surface area contributed by atoms with E-state index in [-0.39, 0.29) is 41.8 Å². The summed E-state index contributed by atoms with van der Waals surface area (Å²) in [6.45, 7) is 7.11. The third kappa shape index (κ3) is 6.98. The monoisotopic (exact) mass is 520 g/mol. The fourth-order valence-electron chi connectivity index (χ4n) is 3.41. The number of halogens is 2. The van der Waals surface area contributed by atoms with Gasteiger partial charge in [-0.2, -0.15) is 0 Å². The zero-order valence-corrected chi connectivity index (χ0v) is 19.1. The highest BCUT2D eigenvalue weighted by molar-refractivity contribution is 14.0. The molecule has 1 unspecified atom stereocenters. The third-order valence-corrected chi connectivity index (χ3v) is 4.85. The van der Waals surface area contributed by atoms with Gasteiger partial charge in [-0.25, -0.2) is 9.38 Å². The van der Waals surface area contributed by atoms with E-state index in [2.05, 4.69) is 15.2 Å². The van der Waals surface area contributed by atoms with Crippen LogP contribution in [-0.4, -0.2) is 80.3 Å². The highest BCUT2D eigenvalue weighted by Crippen LogP contribution is 2.16. The molecule has 0 bridgehead atoms. The van der Waals surface area contributed by atoms with Crippen molar-refractivity contribution in [3.63, 3.8) is 0 Å². The lowest BCUT2D eigenvalue weighted by atomic mass is 10.2. The lowest BCUT2D eigenvalue weighted by molar-refractivity contribution is -0.142. The first-order chi connectivity index (χ1) is 13.7. The van der Waals surface area contributed by atoms with Gasteiger partial charge in [0.1, 0.15) is 24.3 Å². The fraction of sp³-hybridized carbons (Fsp3) is 0.600. The maximum Gasteiger partial charge on any atom is 0.251 e. The van der Waals surface area contributed by atoms with Crippen LogP contribution >= 0.6 is 24.0 Å². The van der Waals surface area contributed by atoms with E-state index in [1.807, 2.05) is 11.8 Å². The highest BCUT2D eigenvalue weighted by atomic mass is 127. The van der Waals surface area contributed by atoms with Gasteiger partial charge in [0.15, 0.2) is 5.96 Å². The number of hydrogen-bond acceptors (Lipinski definition) is 4. The van der Waals surface area contributed by atoms with Gasteiger partial charge < -0.3 is 24.6 Å². The van der Waals surface area contributed by atoms with E-state index in [0.717, 1.165) is 38.4 Å². The van der Waals surface area contributed by atoms with Crippen molar-refractivity contribution in [1.29, 1.82) is 0 Å². The molecule has 2 fully saturated rings. The van der Waals surface area contributed by atoms with Crippen molar-refractivity contribution >= 4 is 35.8 Å². The predicted molar refractivity (Wildman–Crippen MR) is 120 cm³/mol. The Morgan fingerprint density at radius 2 is 2.07 bits per heavy atom. The van der Waals surface area contributed by atoms with E-state index in [1.165, 1.54) is 12.1 Å².